The number of nitrogens with zero attached hydrogens (tertiary/aromatic N) is 4. The molecule has 0 spiro atoms. The summed E-state index contributed by atoms with van der Waals surface area (Å²) in [5, 5.41) is 14.1. The van der Waals surface area contributed by atoms with E-state index in [0.29, 0.717) is 103 Å². The predicted octanol–water partition coefficient (Wildman–Crippen LogP) is 6.50. The molecule has 2 N–H and O–H groups in total. The van der Waals surface area contributed by atoms with Crippen LogP contribution in [0.3, 0.4) is 0 Å². The van der Waals surface area contributed by atoms with E-state index < -0.39 is 0 Å². The molecule has 5 heterocycles. The second kappa shape index (κ2) is 22.2. The summed E-state index contributed by atoms with van der Waals surface area (Å²) in [6.07, 6.45) is 11.3. The van der Waals surface area contributed by atoms with Crippen LogP contribution in [0.4, 0.5) is 0 Å². The van der Waals surface area contributed by atoms with E-state index in [1.54, 1.807) is 12.0 Å². The number of carbonyl (C=O) groups excluding carboxylic acids is 1. The first-order chi connectivity index (χ1) is 28.1. The molecule has 5 aliphatic heterocycles. The van der Waals surface area contributed by atoms with Gasteiger partial charge in [-0.25, -0.2) is 15.0 Å². The molecule has 0 aliphatic carbocycles. The van der Waals surface area contributed by atoms with Gasteiger partial charge in [-0.15, -0.1) is 0 Å². The number of amides is 1. The van der Waals surface area contributed by atoms with Crippen molar-refractivity contribution < 1.29 is 38.3 Å². The van der Waals surface area contributed by atoms with Crippen molar-refractivity contribution in [2.45, 2.75) is 60.8 Å². The molecular formula is C45H63N5O8. The zero-order chi connectivity index (χ0) is 41.6. The van der Waals surface area contributed by atoms with Crippen LogP contribution in [-0.2, 0) is 33.2 Å². The number of carbonyl (C=O) groups is 1. The van der Waals surface area contributed by atoms with Crippen LogP contribution >= 0.6 is 0 Å². The first-order valence-electron chi connectivity index (χ1n) is 20.5. The molecule has 0 aromatic carbocycles. The van der Waals surface area contributed by atoms with Gasteiger partial charge in [-0.05, 0) is 92.7 Å². The normalized spacial score (nSPS) is 21.0. The summed E-state index contributed by atoms with van der Waals surface area (Å²) >= 11 is 0. The SMILES string of the molecule is CCC1=C(C)C2=CC3=NC(=C(C)C3=CO)C=C3NC(=C(C)C4=NC(=CC1=N2)C(C)=C4)[C@@H](CCC(=O)N(C)CCOCCOCCOCCOCCOCCOC)[C@@H]3C. The minimum atomic E-state index is 0.0536. The van der Waals surface area contributed by atoms with Crippen LogP contribution in [0.15, 0.2) is 107 Å². The number of rotatable bonds is 22. The van der Waals surface area contributed by atoms with Gasteiger partial charge in [-0.2, -0.15) is 0 Å². The molecule has 316 valence electrons. The van der Waals surface area contributed by atoms with E-state index >= 15 is 0 Å². The summed E-state index contributed by atoms with van der Waals surface area (Å²) in [7, 11) is 3.47. The molecule has 1 amide bonds. The monoisotopic (exact) mass is 801 g/mol. The van der Waals surface area contributed by atoms with Crippen LogP contribution in [-0.4, -0.2) is 126 Å². The van der Waals surface area contributed by atoms with Crippen molar-refractivity contribution in [2.24, 2.45) is 26.8 Å². The fraction of sp³-hybridized carbons (Fsp3) is 0.556. The second-order valence-corrected chi connectivity index (χ2v) is 15.0. The topological polar surface area (TPSA) is 145 Å². The van der Waals surface area contributed by atoms with Gasteiger partial charge >= 0.3 is 0 Å². The van der Waals surface area contributed by atoms with Crippen molar-refractivity contribution in [3.05, 3.63) is 92.5 Å². The van der Waals surface area contributed by atoms with Crippen molar-refractivity contribution in [1.29, 1.82) is 0 Å². The predicted molar refractivity (Wildman–Crippen MR) is 228 cm³/mol. The fourth-order valence-corrected chi connectivity index (χ4v) is 7.45. The fourth-order valence-electron chi connectivity index (χ4n) is 7.45. The zero-order valence-corrected chi connectivity index (χ0v) is 35.7. The lowest BCUT2D eigenvalue weighted by Gasteiger charge is -2.21. The molecule has 5 rings (SSSR count). The Hall–Kier alpha value is -4.24. The van der Waals surface area contributed by atoms with Gasteiger partial charge in [-0.3, -0.25) is 4.79 Å². The van der Waals surface area contributed by atoms with E-state index in [9.17, 15) is 9.90 Å². The number of nitrogens with one attached hydrogen (secondary N) is 1. The van der Waals surface area contributed by atoms with Crippen LogP contribution < -0.4 is 5.32 Å². The maximum atomic E-state index is 13.4. The highest BCUT2D eigenvalue weighted by Gasteiger charge is 2.36. The Morgan fingerprint density at radius 3 is 1.95 bits per heavy atom. The highest BCUT2D eigenvalue weighted by atomic mass is 16.6. The third-order valence-electron chi connectivity index (χ3n) is 11.1. The van der Waals surface area contributed by atoms with E-state index in [1.807, 2.05) is 20.0 Å². The molecule has 0 aromatic rings. The lowest BCUT2D eigenvalue weighted by atomic mass is 9.86. The quantitative estimate of drug-likeness (QED) is 0.0926. The number of methoxy groups -OCH3 is 1. The summed E-state index contributed by atoms with van der Waals surface area (Å²) < 4.78 is 32.6. The van der Waals surface area contributed by atoms with E-state index in [-0.39, 0.29) is 17.7 Å². The maximum absolute atomic E-state index is 13.4. The average molecular weight is 802 g/mol. The minimum absolute atomic E-state index is 0.0536. The number of ether oxygens (including phenoxy) is 6. The Balaban J connectivity index is 1.15. The number of allylic oxidation sites excluding steroid dienone is 12. The number of aliphatic imine (C=N–C) groups is 3. The van der Waals surface area contributed by atoms with E-state index in [1.165, 1.54) is 5.57 Å². The summed E-state index contributed by atoms with van der Waals surface area (Å²) in [5.74, 6) is 0.203. The minimum Gasteiger partial charge on any atom is -0.515 e. The number of hydrogen-bond acceptors (Lipinski definition) is 12. The Bertz CT molecular complexity index is 1870. The van der Waals surface area contributed by atoms with Crippen molar-refractivity contribution in [1.82, 2.24) is 10.2 Å². The largest absolute Gasteiger partial charge is 0.515 e. The summed E-state index contributed by atoms with van der Waals surface area (Å²) in [6.45, 7) is 18.6. The highest BCUT2D eigenvalue weighted by Crippen LogP contribution is 2.41. The number of likely N-dealkylation sites (N-methyl/N-ethyl adjacent to an activating group) is 1. The molecule has 0 saturated carbocycles. The van der Waals surface area contributed by atoms with Crippen molar-refractivity contribution >= 4 is 23.0 Å². The Kier molecular flexibility index (Phi) is 17.2. The lowest BCUT2D eigenvalue weighted by Crippen LogP contribution is -2.31. The van der Waals surface area contributed by atoms with Crippen molar-refractivity contribution in [3.8, 4) is 0 Å². The average Bonchev–Trinajstić information content (AvgIpc) is 3.92. The number of fused-ring (bicyclic) bond motifs is 5. The molecule has 8 bridgehead atoms. The van der Waals surface area contributed by atoms with Gasteiger partial charge in [0.15, 0.2) is 0 Å². The summed E-state index contributed by atoms with van der Waals surface area (Å²) in [6, 6.07) is 0. The van der Waals surface area contributed by atoms with Gasteiger partial charge in [0.25, 0.3) is 0 Å². The molecule has 1 fully saturated rings. The summed E-state index contributed by atoms with van der Waals surface area (Å²) in [4.78, 5) is 30.3. The third-order valence-corrected chi connectivity index (χ3v) is 11.1. The number of hydrogen-bond donors (Lipinski definition) is 2. The molecule has 0 radical (unpaired) electrons. The van der Waals surface area contributed by atoms with E-state index in [4.69, 9.17) is 43.4 Å². The molecule has 0 aromatic heterocycles. The van der Waals surface area contributed by atoms with Crippen LogP contribution in [0.5, 0.6) is 0 Å². The highest BCUT2D eigenvalue weighted by molar-refractivity contribution is 6.18. The Labute approximate surface area is 344 Å². The van der Waals surface area contributed by atoms with Gasteiger partial charge < -0.3 is 43.7 Å². The molecule has 58 heavy (non-hydrogen) atoms. The van der Waals surface area contributed by atoms with Crippen molar-refractivity contribution in [3.63, 3.8) is 0 Å². The smallest absolute Gasteiger partial charge is 0.222 e. The van der Waals surface area contributed by atoms with Gasteiger partial charge in [0.1, 0.15) is 0 Å². The Morgan fingerprint density at radius 1 is 0.759 bits per heavy atom. The van der Waals surface area contributed by atoms with Crippen LogP contribution in [0, 0.1) is 11.8 Å². The molecule has 13 heteroatoms. The molecule has 1 saturated heterocycles. The first kappa shape index (κ1) is 44.9. The molecule has 2 atom stereocenters. The summed E-state index contributed by atoms with van der Waals surface area (Å²) in [5.41, 5.74) is 13.1. The van der Waals surface area contributed by atoms with Crippen molar-refractivity contribution in [2.75, 3.05) is 93.4 Å². The Morgan fingerprint density at radius 2 is 1.34 bits per heavy atom. The van der Waals surface area contributed by atoms with Crippen LogP contribution in [0.2, 0.25) is 0 Å². The first-order valence-corrected chi connectivity index (χ1v) is 20.5. The number of aliphatic hydroxyl groups is 1. The van der Waals surface area contributed by atoms with Gasteiger partial charge in [0.05, 0.1) is 113 Å². The lowest BCUT2D eigenvalue weighted by molar-refractivity contribution is -0.130. The third kappa shape index (κ3) is 11.5. The maximum Gasteiger partial charge on any atom is 0.222 e. The standard InChI is InChI=1S/C45H63N5O8/c1-9-34-30(3)40-27-43-36(28-51)32(5)39(48-43)26-41-31(4)35(45(49-41)33(6)38-24-29(2)37(46-38)25-42(34)47-40)10-11-44(52)50(7)12-13-54-16-17-56-20-21-58-23-22-57-19-18-55-15-14-53-8/h24-28,31,35,49,51H,9-23H2,1-8H3/t31-,35-/m0/s1. The second-order valence-electron chi connectivity index (χ2n) is 15.0. The van der Waals surface area contributed by atoms with Crippen LogP contribution in [0.1, 0.15) is 60.8 Å². The zero-order valence-electron chi connectivity index (χ0n) is 35.7. The van der Waals surface area contributed by atoms with E-state index in [0.717, 1.165) is 74.9 Å². The molecular weight excluding hydrogens is 739 g/mol. The molecule has 0 unspecified atom stereocenters. The van der Waals surface area contributed by atoms with Gasteiger partial charge in [0, 0.05) is 55.9 Å². The van der Waals surface area contributed by atoms with E-state index in [2.05, 4.69) is 58.2 Å². The van der Waals surface area contributed by atoms with Gasteiger partial charge in [0.2, 0.25) is 5.91 Å². The molecule has 13 nitrogen and oxygen atoms in total. The number of aliphatic hydroxyl groups excluding tert-OH is 1. The van der Waals surface area contributed by atoms with Crippen LogP contribution in [0.25, 0.3) is 0 Å². The van der Waals surface area contributed by atoms with Gasteiger partial charge in [-0.1, -0.05) is 13.8 Å². The molecule has 5 aliphatic rings.